The zero-order chi connectivity index (χ0) is 21.3. The monoisotopic (exact) mass is 502 g/mol. The van der Waals surface area contributed by atoms with Gasteiger partial charge in [-0.15, -0.1) is 0 Å². The molecule has 6 nitrogen and oxygen atoms in total. The van der Waals surface area contributed by atoms with Crippen LogP contribution in [0.4, 0.5) is 11.5 Å². The third-order valence-corrected chi connectivity index (χ3v) is 6.46. The third-order valence-electron chi connectivity index (χ3n) is 5.39. The van der Waals surface area contributed by atoms with Gasteiger partial charge >= 0.3 is 0 Å². The van der Waals surface area contributed by atoms with Crippen molar-refractivity contribution in [2.24, 2.45) is 0 Å². The summed E-state index contributed by atoms with van der Waals surface area (Å²) >= 11 is 19.3. The molecule has 1 aromatic heterocycles. The number of aliphatic hydroxyl groups excluding tert-OH is 1. The molecule has 1 aliphatic rings. The summed E-state index contributed by atoms with van der Waals surface area (Å²) in [5, 5.41) is 23.7. The third kappa shape index (κ3) is 5.11. The largest absolute Gasteiger partial charge is 1.00 e. The van der Waals surface area contributed by atoms with Gasteiger partial charge < -0.3 is 27.2 Å². The van der Waals surface area contributed by atoms with E-state index in [2.05, 4.69) is 15.1 Å². The number of hydrogen-bond donors (Lipinski definition) is 2. The van der Waals surface area contributed by atoms with Gasteiger partial charge in [-0.25, -0.2) is 0 Å². The first-order valence-corrected chi connectivity index (χ1v) is 10.8. The molecule has 3 aromatic rings. The van der Waals surface area contributed by atoms with Gasteiger partial charge in [0.1, 0.15) is 12.3 Å². The van der Waals surface area contributed by atoms with E-state index in [4.69, 9.17) is 39.5 Å². The smallest absolute Gasteiger partial charge is 0.252 e. The Balaban J connectivity index is 0.00000272. The van der Waals surface area contributed by atoms with Crippen molar-refractivity contribution in [3.63, 3.8) is 0 Å². The Morgan fingerprint density at radius 2 is 1.87 bits per heavy atom. The van der Waals surface area contributed by atoms with Crippen LogP contribution in [-0.2, 0) is 6.54 Å². The Bertz CT molecular complexity index is 1070. The maximum atomic E-state index is 9.86. The number of fused-ring (bicyclic) bond motifs is 1. The number of quaternary nitrogens is 1. The van der Waals surface area contributed by atoms with Crippen molar-refractivity contribution < 1.29 is 27.6 Å². The standard InChI is InChI=1S/C21H21Cl3N4O2.ClH/c1-30-18-3-2-12(8-16(18)22)10-25-21-14-9-17(23)19(24)20(15(14)11-26-27-21)28-6-4-13(29)5-7-28;/h2-3,8-9,11,13,29H,4-7,10H2,1H3,(H,25,27);1H. The highest BCUT2D eigenvalue weighted by Crippen LogP contribution is 2.41. The first kappa shape index (κ1) is 24.1. The SMILES string of the molecule is COc1ccc(C[NH2+]c2nncc3c(N4CCC(O)CC4)c(Cl)c(Cl)cc23)cc1Cl.[Cl-]. The highest BCUT2D eigenvalue weighted by molar-refractivity contribution is 6.45. The summed E-state index contributed by atoms with van der Waals surface area (Å²) in [6.07, 6.45) is 2.84. The Morgan fingerprint density at radius 1 is 1.13 bits per heavy atom. The highest BCUT2D eigenvalue weighted by atomic mass is 35.5. The molecule has 4 rings (SSSR count). The van der Waals surface area contributed by atoms with Crippen molar-refractivity contribution in [1.29, 1.82) is 0 Å². The van der Waals surface area contributed by atoms with Crippen molar-refractivity contribution in [2.45, 2.75) is 25.5 Å². The second kappa shape index (κ2) is 10.4. The van der Waals surface area contributed by atoms with Gasteiger partial charge in [-0.3, -0.25) is 5.32 Å². The molecule has 2 aromatic carbocycles. The summed E-state index contributed by atoms with van der Waals surface area (Å²) in [6.45, 7) is 2.05. The fraction of sp³-hybridized carbons (Fsp3) is 0.333. The van der Waals surface area contributed by atoms with Gasteiger partial charge in [-0.1, -0.05) is 39.9 Å². The lowest BCUT2D eigenvalue weighted by Gasteiger charge is -2.33. The topological polar surface area (TPSA) is 75.1 Å². The van der Waals surface area contributed by atoms with E-state index < -0.39 is 0 Å². The molecule has 31 heavy (non-hydrogen) atoms. The van der Waals surface area contributed by atoms with Gasteiger partial charge in [0.2, 0.25) is 0 Å². The summed E-state index contributed by atoms with van der Waals surface area (Å²) in [5.41, 5.74) is 1.88. The molecule has 0 amide bonds. The summed E-state index contributed by atoms with van der Waals surface area (Å²) in [6, 6.07) is 7.53. The second-order valence-corrected chi connectivity index (χ2v) is 8.50. The van der Waals surface area contributed by atoms with Crippen LogP contribution in [-0.4, -0.2) is 41.6 Å². The number of methoxy groups -OCH3 is 1. The molecule has 0 atom stereocenters. The fourth-order valence-corrected chi connectivity index (χ4v) is 4.53. The molecule has 1 fully saturated rings. The van der Waals surface area contributed by atoms with Crippen molar-refractivity contribution in [1.82, 2.24) is 10.2 Å². The quantitative estimate of drug-likeness (QED) is 0.542. The molecule has 3 N–H and O–H groups in total. The summed E-state index contributed by atoms with van der Waals surface area (Å²) in [4.78, 5) is 2.16. The number of hydrogen-bond acceptors (Lipinski definition) is 5. The lowest BCUT2D eigenvalue weighted by atomic mass is 10.0. The molecule has 10 heteroatoms. The molecule has 0 bridgehead atoms. The van der Waals surface area contributed by atoms with Crippen LogP contribution < -0.4 is 27.4 Å². The summed E-state index contributed by atoms with van der Waals surface area (Å²) in [5.74, 6) is 1.37. The van der Waals surface area contributed by atoms with E-state index in [0.717, 1.165) is 27.8 Å². The number of nitrogens with zero attached hydrogens (tertiary/aromatic N) is 3. The molecule has 0 aliphatic carbocycles. The molecule has 166 valence electrons. The number of halogens is 4. The molecule has 0 radical (unpaired) electrons. The minimum Gasteiger partial charge on any atom is -1.00 e. The summed E-state index contributed by atoms with van der Waals surface area (Å²) < 4.78 is 5.21. The average Bonchev–Trinajstić information content (AvgIpc) is 2.74. The van der Waals surface area contributed by atoms with Gasteiger partial charge in [0.05, 0.1) is 45.6 Å². The van der Waals surface area contributed by atoms with E-state index in [0.29, 0.717) is 53.3 Å². The van der Waals surface area contributed by atoms with Gasteiger partial charge in [0, 0.05) is 24.0 Å². The number of piperidine rings is 1. The number of aliphatic hydroxyl groups is 1. The highest BCUT2D eigenvalue weighted by Gasteiger charge is 2.24. The lowest BCUT2D eigenvalue weighted by Crippen LogP contribution is -3.00. The van der Waals surface area contributed by atoms with Crippen LogP contribution >= 0.6 is 34.8 Å². The van der Waals surface area contributed by atoms with Crippen LogP contribution in [0.5, 0.6) is 5.75 Å². The van der Waals surface area contributed by atoms with E-state index in [-0.39, 0.29) is 18.5 Å². The number of nitrogens with two attached hydrogens (primary N) is 1. The predicted molar refractivity (Wildman–Crippen MR) is 120 cm³/mol. The van der Waals surface area contributed by atoms with Gasteiger partial charge in [-0.2, -0.15) is 5.10 Å². The Hall–Kier alpha value is -1.54. The normalized spacial score (nSPS) is 14.5. The molecule has 0 spiro atoms. The molecular weight excluding hydrogens is 482 g/mol. The van der Waals surface area contributed by atoms with Crippen molar-refractivity contribution in [2.75, 3.05) is 25.1 Å². The van der Waals surface area contributed by atoms with Crippen molar-refractivity contribution in [3.8, 4) is 5.75 Å². The van der Waals surface area contributed by atoms with E-state index in [9.17, 15) is 5.11 Å². The number of aromatic nitrogens is 2. The minimum atomic E-state index is -0.273. The maximum Gasteiger partial charge on any atom is 0.252 e. The zero-order valence-corrected chi connectivity index (χ0v) is 19.8. The predicted octanol–water partition coefficient (Wildman–Crippen LogP) is 0.959. The van der Waals surface area contributed by atoms with Crippen LogP contribution in [0, 0.1) is 0 Å². The zero-order valence-electron chi connectivity index (χ0n) is 16.8. The lowest BCUT2D eigenvalue weighted by molar-refractivity contribution is -0.591. The molecule has 0 saturated carbocycles. The molecule has 2 heterocycles. The first-order valence-electron chi connectivity index (χ1n) is 9.70. The summed E-state index contributed by atoms with van der Waals surface area (Å²) in [7, 11) is 1.59. The molecule has 0 unspecified atom stereocenters. The number of rotatable bonds is 5. The number of benzene rings is 2. The molecular formula is C21H22Cl4N4O2. The maximum absolute atomic E-state index is 9.86. The fourth-order valence-electron chi connectivity index (χ4n) is 3.77. The van der Waals surface area contributed by atoms with E-state index in [1.807, 2.05) is 29.6 Å². The average molecular weight is 504 g/mol. The molecule has 1 aliphatic heterocycles. The molecule has 1 saturated heterocycles. The van der Waals surface area contributed by atoms with Crippen molar-refractivity contribution in [3.05, 3.63) is 51.1 Å². The Morgan fingerprint density at radius 3 is 2.55 bits per heavy atom. The van der Waals surface area contributed by atoms with E-state index >= 15 is 0 Å². The van der Waals surface area contributed by atoms with Gasteiger partial charge in [0.25, 0.3) is 5.82 Å². The van der Waals surface area contributed by atoms with Crippen molar-refractivity contribution >= 4 is 57.1 Å². The van der Waals surface area contributed by atoms with E-state index in [1.165, 1.54) is 0 Å². The van der Waals surface area contributed by atoms with Crippen LogP contribution in [0.2, 0.25) is 15.1 Å². The van der Waals surface area contributed by atoms with Crippen LogP contribution in [0.3, 0.4) is 0 Å². The minimum absolute atomic E-state index is 0. The van der Waals surface area contributed by atoms with Crippen LogP contribution in [0.25, 0.3) is 10.8 Å². The van der Waals surface area contributed by atoms with Crippen LogP contribution in [0.1, 0.15) is 18.4 Å². The number of ether oxygens (including phenoxy) is 1. The van der Waals surface area contributed by atoms with Crippen LogP contribution in [0.15, 0.2) is 30.5 Å². The number of anilines is 1. The van der Waals surface area contributed by atoms with Gasteiger partial charge in [-0.05, 0) is 37.1 Å². The van der Waals surface area contributed by atoms with E-state index in [1.54, 1.807) is 13.3 Å². The first-order chi connectivity index (χ1) is 14.5. The Labute approximate surface area is 201 Å². The second-order valence-electron chi connectivity index (χ2n) is 7.31. The Kier molecular flexibility index (Phi) is 8.08. The van der Waals surface area contributed by atoms with Gasteiger partial charge in [0.15, 0.2) is 0 Å².